The number of benzene rings is 2. The second-order valence-electron chi connectivity index (χ2n) is 6.80. The van der Waals surface area contributed by atoms with Crippen molar-refractivity contribution in [3.63, 3.8) is 0 Å². The highest BCUT2D eigenvalue weighted by Gasteiger charge is 2.25. The maximum Gasteiger partial charge on any atom is 0.0807 e. The fourth-order valence-corrected chi connectivity index (χ4v) is 5.56. The van der Waals surface area contributed by atoms with Gasteiger partial charge in [0.1, 0.15) is 0 Å². The summed E-state index contributed by atoms with van der Waals surface area (Å²) in [6.07, 6.45) is 4.84. The predicted molar refractivity (Wildman–Crippen MR) is 109 cm³/mol. The normalized spacial score (nSPS) is 21.9. The third-order valence-corrected chi connectivity index (χ3v) is 7.59. The fraction of sp³-hybridized carbons (Fsp3) is 0.286. The summed E-state index contributed by atoms with van der Waals surface area (Å²) in [6.45, 7) is 0. The SMILES string of the molecule is CS(=O)C1Cc2ccc(c3ccccc23)CC(S(C)=O)c2cccc1n2. The minimum atomic E-state index is -1.05. The highest BCUT2D eigenvalue weighted by atomic mass is 32.2. The Bertz CT molecular complexity index is 954. The van der Waals surface area contributed by atoms with Gasteiger partial charge in [-0.05, 0) is 46.9 Å². The van der Waals surface area contributed by atoms with Crippen molar-refractivity contribution in [2.24, 2.45) is 0 Å². The molecule has 3 aromatic rings. The van der Waals surface area contributed by atoms with Crippen molar-refractivity contribution in [1.29, 1.82) is 0 Å². The van der Waals surface area contributed by atoms with E-state index in [9.17, 15) is 8.42 Å². The molecule has 0 saturated carbocycles. The van der Waals surface area contributed by atoms with Gasteiger partial charge in [0.25, 0.3) is 0 Å². The van der Waals surface area contributed by atoms with E-state index in [4.69, 9.17) is 4.98 Å². The molecule has 3 nitrogen and oxygen atoms in total. The first-order chi connectivity index (χ1) is 12.5. The molecule has 1 aromatic heterocycles. The molecule has 4 bridgehead atoms. The van der Waals surface area contributed by atoms with Gasteiger partial charge >= 0.3 is 0 Å². The number of pyridine rings is 1. The molecule has 0 amide bonds. The van der Waals surface area contributed by atoms with Crippen LogP contribution in [0, 0.1) is 0 Å². The van der Waals surface area contributed by atoms with Gasteiger partial charge in [-0.25, -0.2) is 0 Å². The minimum absolute atomic E-state index is 0.173. The van der Waals surface area contributed by atoms with Gasteiger partial charge < -0.3 is 0 Å². The lowest BCUT2D eigenvalue weighted by Crippen LogP contribution is -2.14. The lowest BCUT2D eigenvalue weighted by atomic mass is 9.94. The highest BCUT2D eigenvalue weighted by molar-refractivity contribution is 7.84. The summed E-state index contributed by atoms with van der Waals surface area (Å²) in [6, 6.07) is 18.5. The van der Waals surface area contributed by atoms with Gasteiger partial charge in [-0.1, -0.05) is 42.5 Å². The topological polar surface area (TPSA) is 47.0 Å². The van der Waals surface area contributed by atoms with Gasteiger partial charge in [0.2, 0.25) is 0 Å². The van der Waals surface area contributed by atoms with E-state index < -0.39 is 21.6 Å². The zero-order chi connectivity index (χ0) is 18.3. The van der Waals surface area contributed by atoms with Crippen molar-refractivity contribution >= 4 is 32.4 Å². The first-order valence-corrected chi connectivity index (χ1v) is 11.9. The van der Waals surface area contributed by atoms with E-state index in [-0.39, 0.29) is 10.5 Å². The van der Waals surface area contributed by atoms with Gasteiger partial charge in [0.15, 0.2) is 0 Å². The maximum atomic E-state index is 12.5. The van der Waals surface area contributed by atoms with E-state index in [1.54, 1.807) is 12.5 Å². The molecule has 0 saturated heterocycles. The monoisotopic (exact) mass is 383 g/mol. The highest BCUT2D eigenvalue weighted by Crippen LogP contribution is 2.34. The van der Waals surface area contributed by atoms with Gasteiger partial charge in [0, 0.05) is 34.1 Å². The number of fused-ring (bicyclic) bond motifs is 3. The first kappa shape index (κ1) is 17.6. The van der Waals surface area contributed by atoms with Crippen LogP contribution >= 0.6 is 0 Å². The van der Waals surface area contributed by atoms with Crippen LogP contribution in [0.15, 0.2) is 54.6 Å². The molecule has 0 aliphatic carbocycles. The van der Waals surface area contributed by atoms with Gasteiger partial charge in [-0.15, -0.1) is 0 Å². The summed E-state index contributed by atoms with van der Waals surface area (Å²) in [4.78, 5) is 4.80. The van der Waals surface area contributed by atoms with Crippen LogP contribution in [0.4, 0.5) is 0 Å². The Hall–Kier alpha value is -1.85. The molecular formula is C21H21NO2S2. The quantitative estimate of drug-likeness (QED) is 0.675. The molecule has 5 heteroatoms. The molecule has 0 N–H and O–H groups in total. The number of hydrogen-bond donors (Lipinski definition) is 0. The van der Waals surface area contributed by atoms with E-state index in [0.29, 0.717) is 12.8 Å². The number of hydrogen-bond acceptors (Lipinski definition) is 3. The standard InChI is InChI=1S/C21H21NO2S2/c1-25(23)20-12-14-10-11-15(17-7-4-3-6-16(14)17)13-21(26(2)24)19-9-5-8-18(20)22-19/h3-11,20-21H,12-13H2,1-2H3. The van der Waals surface area contributed by atoms with E-state index >= 15 is 0 Å². The third kappa shape index (κ3) is 3.14. The Morgan fingerprint density at radius 2 is 1.19 bits per heavy atom. The summed E-state index contributed by atoms with van der Waals surface area (Å²) in [5.74, 6) is 0. The Morgan fingerprint density at radius 1 is 0.731 bits per heavy atom. The minimum Gasteiger partial charge on any atom is -0.259 e. The first-order valence-electron chi connectivity index (χ1n) is 8.65. The molecule has 0 radical (unpaired) electrons. The average molecular weight is 384 g/mol. The molecule has 0 fully saturated rings. The Morgan fingerprint density at radius 3 is 1.62 bits per heavy atom. The van der Waals surface area contributed by atoms with E-state index in [2.05, 4.69) is 24.3 Å². The Balaban J connectivity index is 2.02. The second kappa shape index (κ2) is 7.05. The number of aromatic nitrogens is 1. The van der Waals surface area contributed by atoms with Crippen molar-refractivity contribution in [1.82, 2.24) is 4.98 Å². The van der Waals surface area contributed by atoms with Crippen molar-refractivity contribution in [2.45, 2.75) is 23.3 Å². The third-order valence-electron chi connectivity index (χ3n) is 5.17. The maximum absolute atomic E-state index is 12.5. The van der Waals surface area contributed by atoms with Crippen LogP contribution in [0.2, 0.25) is 0 Å². The number of rotatable bonds is 2. The largest absolute Gasteiger partial charge is 0.259 e. The number of nitrogens with zero attached hydrogens (tertiary/aromatic N) is 1. The molecule has 4 atom stereocenters. The zero-order valence-corrected chi connectivity index (χ0v) is 16.5. The molecule has 2 aliphatic rings. The molecule has 3 heterocycles. The van der Waals surface area contributed by atoms with Gasteiger partial charge in [0.05, 0.1) is 21.9 Å². The van der Waals surface area contributed by atoms with Crippen LogP contribution in [0.25, 0.3) is 10.8 Å². The smallest absolute Gasteiger partial charge is 0.0807 e. The molecule has 2 aromatic carbocycles. The van der Waals surface area contributed by atoms with E-state index in [1.165, 1.54) is 21.9 Å². The Labute approximate surface area is 158 Å². The summed E-state index contributed by atoms with van der Waals surface area (Å²) in [5.41, 5.74) is 4.03. The van der Waals surface area contributed by atoms with Crippen LogP contribution in [-0.4, -0.2) is 25.9 Å². The zero-order valence-electron chi connectivity index (χ0n) is 14.8. The van der Waals surface area contributed by atoms with Crippen molar-refractivity contribution < 1.29 is 8.42 Å². The molecule has 5 rings (SSSR count). The average Bonchev–Trinajstić information content (AvgIpc) is 2.66. The molecule has 134 valence electrons. The summed E-state index contributed by atoms with van der Waals surface area (Å²) in [5, 5.41) is 2.04. The van der Waals surface area contributed by atoms with Crippen molar-refractivity contribution in [2.75, 3.05) is 12.5 Å². The molecule has 2 aliphatic heterocycles. The molecule has 26 heavy (non-hydrogen) atoms. The summed E-state index contributed by atoms with van der Waals surface area (Å²) >= 11 is 0. The summed E-state index contributed by atoms with van der Waals surface area (Å²) < 4.78 is 25.0. The van der Waals surface area contributed by atoms with Crippen LogP contribution in [-0.2, 0) is 34.4 Å². The molecular weight excluding hydrogens is 362 g/mol. The van der Waals surface area contributed by atoms with Crippen LogP contribution in [0.5, 0.6) is 0 Å². The fourth-order valence-electron chi connectivity index (χ4n) is 3.79. The van der Waals surface area contributed by atoms with Gasteiger partial charge in [-0.2, -0.15) is 0 Å². The molecule has 4 unspecified atom stereocenters. The van der Waals surface area contributed by atoms with Gasteiger partial charge in [-0.3, -0.25) is 13.4 Å². The summed E-state index contributed by atoms with van der Waals surface area (Å²) in [7, 11) is -2.10. The lowest BCUT2D eigenvalue weighted by Gasteiger charge is -2.17. The van der Waals surface area contributed by atoms with E-state index in [1.807, 2.05) is 30.3 Å². The second-order valence-corrected chi connectivity index (χ2v) is 9.93. The van der Waals surface area contributed by atoms with Crippen LogP contribution in [0.3, 0.4) is 0 Å². The van der Waals surface area contributed by atoms with Crippen molar-refractivity contribution in [3.8, 4) is 0 Å². The molecule has 0 spiro atoms. The van der Waals surface area contributed by atoms with Crippen molar-refractivity contribution in [3.05, 3.63) is 77.1 Å². The van der Waals surface area contributed by atoms with Crippen LogP contribution < -0.4 is 0 Å². The predicted octanol–water partition coefficient (Wildman–Crippen LogP) is 3.87. The van der Waals surface area contributed by atoms with Crippen LogP contribution in [0.1, 0.15) is 33.0 Å². The lowest BCUT2D eigenvalue weighted by molar-refractivity contribution is 0.669. The van der Waals surface area contributed by atoms with E-state index in [0.717, 1.165) is 11.4 Å². The Kier molecular flexibility index (Phi) is 4.76.